The third-order valence-corrected chi connectivity index (χ3v) is 2.86. The van der Waals surface area contributed by atoms with Gasteiger partial charge in [-0.25, -0.2) is 9.36 Å². The molecule has 0 spiro atoms. The van der Waals surface area contributed by atoms with E-state index < -0.39 is 29.6 Å². The van der Waals surface area contributed by atoms with Crippen LogP contribution in [0.3, 0.4) is 0 Å². The van der Waals surface area contributed by atoms with Crippen LogP contribution in [0.1, 0.15) is 11.1 Å². The number of hydrogen-bond acceptors (Lipinski definition) is 5. The number of carboxylic acid groups (broad SMARTS) is 1. The van der Waals surface area contributed by atoms with E-state index >= 15 is 0 Å². The average molecular weight is 303 g/mol. The van der Waals surface area contributed by atoms with Crippen LogP contribution >= 0.6 is 0 Å². The van der Waals surface area contributed by atoms with Gasteiger partial charge in [-0.2, -0.15) is 0 Å². The molecule has 1 aromatic carbocycles. The highest BCUT2D eigenvalue weighted by atomic mass is 16.4. The number of benzene rings is 1. The maximum Gasteiger partial charge on any atom is 0.335 e. The van der Waals surface area contributed by atoms with E-state index in [9.17, 15) is 19.5 Å². The van der Waals surface area contributed by atoms with E-state index in [4.69, 9.17) is 5.11 Å². The molecule has 2 rings (SSSR count). The summed E-state index contributed by atoms with van der Waals surface area (Å²) in [5.74, 6) is -1.79. The first kappa shape index (κ1) is 15.2. The van der Waals surface area contributed by atoms with Crippen molar-refractivity contribution in [1.82, 2.24) is 9.55 Å². The molecule has 0 saturated heterocycles. The lowest BCUT2D eigenvalue weighted by Crippen LogP contribution is -2.31. The molecule has 0 radical (unpaired) electrons. The van der Waals surface area contributed by atoms with E-state index in [0.717, 1.165) is 16.3 Å². The van der Waals surface area contributed by atoms with E-state index in [1.807, 2.05) is 6.92 Å². The van der Waals surface area contributed by atoms with Crippen molar-refractivity contribution in [1.29, 1.82) is 0 Å². The quantitative estimate of drug-likeness (QED) is 0.688. The third kappa shape index (κ3) is 3.11. The van der Waals surface area contributed by atoms with E-state index in [-0.39, 0.29) is 5.56 Å². The van der Waals surface area contributed by atoms with E-state index in [1.165, 1.54) is 0 Å². The molecule has 0 unspecified atom stereocenters. The van der Waals surface area contributed by atoms with Crippen LogP contribution in [0.4, 0.5) is 0 Å². The van der Waals surface area contributed by atoms with Crippen molar-refractivity contribution >= 4 is 12.2 Å². The zero-order valence-corrected chi connectivity index (χ0v) is 11.6. The van der Waals surface area contributed by atoms with Gasteiger partial charge in [0, 0.05) is 6.21 Å². The van der Waals surface area contributed by atoms with Crippen LogP contribution in [0.5, 0.6) is 5.88 Å². The fourth-order valence-electron chi connectivity index (χ4n) is 1.80. The highest BCUT2D eigenvalue weighted by Crippen LogP contribution is 2.15. The smallest absolute Gasteiger partial charge is 0.335 e. The van der Waals surface area contributed by atoms with E-state index in [0.29, 0.717) is 5.69 Å². The van der Waals surface area contributed by atoms with E-state index in [2.05, 4.69) is 9.98 Å². The number of aliphatic imine (C=N–C) groups is 1. The molecule has 1 aromatic heterocycles. The number of aliphatic carboxylic acids is 1. The van der Waals surface area contributed by atoms with Gasteiger partial charge in [0.1, 0.15) is 12.1 Å². The molecule has 0 saturated carbocycles. The van der Waals surface area contributed by atoms with Crippen LogP contribution in [0, 0.1) is 6.92 Å². The minimum absolute atomic E-state index is 0.290. The van der Waals surface area contributed by atoms with Crippen molar-refractivity contribution in [3.63, 3.8) is 0 Å². The van der Waals surface area contributed by atoms with Gasteiger partial charge < -0.3 is 10.2 Å². The normalized spacial score (nSPS) is 11.0. The molecule has 0 fully saturated rings. The van der Waals surface area contributed by atoms with Gasteiger partial charge in [-0.05, 0) is 19.1 Å². The summed E-state index contributed by atoms with van der Waals surface area (Å²) >= 11 is 0. The van der Waals surface area contributed by atoms with Crippen molar-refractivity contribution < 1.29 is 15.0 Å². The summed E-state index contributed by atoms with van der Waals surface area (Å²) in [5.41, 5.74) is -0.621. The number of carbonyl (C=O) groups is 1. The second kappa shape index (κ2) is 6.08. The molecular formula is C14H13N3O5. The highest BCUT2D eigenvalue weighted by Gasteiger charge is 2.14. The lowest BCUT2D eigenvalue weighted by molar-refractivity contribution is -0.135. The Morgan fingerprint density at radius 1 is 1.32 bits per heavy atom. The monoisotopic (exact) mass is 303 g/mol. The predicted octanol–water partition coefficient (Wildman–Crippen LogP) is 0.0433. The number of H-pyrrole nitrogens is 1. The van der Waals surface area contributed by atoms with Crippen LogP contribution in [0.25, 0.3) is 5.69 Å². The molecule has 8 nitrogen and oxygen atoms in total. The summed E-state index contributed by atoms with van der Waals surface area (Å²) in [6.45, 7) is 1.31. The van der Waals surface area contributed by atoms with Crippen molar-refractivity contribution in [3.05, 3.63) is 56.2 Å². The molecule has 0 bridgehead atoms. The van der Waals surface area contributed by atoms with Gasteiger partial charge in [0.2, 0.25) is 5.88 Å². The fourth-order valence-corrected chi connectivity index (χ4v) is 1.80. The molecule has 0 atom stereocenters. The zero-order chi connectivity index (χ0) is 16.3. The van der Waals surface area contributed by atoms with Gasteiger partial charge in [-0.3, -0.25) is 19.6 Å². The Hall–Kier alpha value is -3.16. The summed E-state index contributed by atoms with van der Waals surface area (Å²) in [6, 6.07) is 6.69. The molecule has 3 N–H and O–H groups in total. The van der Waals surface area contributed by atoms with Crippen LogP contribution in [0.2, 0.25) is 0 Å². The van der Waals surface area contributed by atoms with Crippen LogP contribution < -0.4 is 11.2 Å². The number of aromatic hydroxyl groups is 1. The van der Waals surface area contributed by atoms with Crippen molar-refractivity contribution in [2.24, 2.45) is 4.99 Å². The van der Waals surface area contributed by atoms with Crippen molar-refractivity contribution in [3.8, 4) is 11.6 Å². The Bertz CT molecular complexity index is 846. The summed E-state index contributed by atoms with van der Waals surface area (Å²) in [4.78, 5) is 39.6. The van der Waals surface area contributed by atoms with Crippen molar-refractivity contribution in [2.75, 3.05) is 6.54 Å². The first-order valence-electron chi connectivity index (χ1n) is 6.27. The molecule has 22 heavy (non-hydrogen) atoms. The topological polar surface area (TPSA) is 125 Å². The molecule has 0 aliphatic carbocycles. The van der Waals surface area contributed by atoms with Gasteiger partial charge in [0.25, 0.3) is 5.56 Å². The number of aryl methyl sites for hydroxylation is 1. The Kier molecular flexibility index (Phi) is 4.21. The number of carboxylic acids is 1. The Balaban J connectivity index is 2.58. The third-order valence-electron chi connectivity index (χ3n) is 2.86. The molecule has 1 heterocycles. The fraction of sp³-hybridized carbons (Fsp3) is 0.143. The maximum atomic E-state index is 11.9. The molecule has 0 aliphatic heterocycles. The first-order chi connectivity index (χ1) is 10.4. The average Bonchev–Trinajstić information content (AvgIpc) is 2.44. The number of rotatable bonds is 4. The number of nitrogens with one attached hydrogen (secondary N) is 1. The lowest BCUT2D eigenvalue weighted by Gasteiger charge is -2.09. The minimum atomic E-state index is -1.18. The standard InChI is InChI=1S/C14H13N3O5/c1-8-2-4-9(5-3-8)17-13(21)10(6-15-7-11(18)19)12(20)16-14(17)22/h2-6,21H,7H2,1H3,(H,18,19)(H,16,20,22). The summed E-state index contributed by atoms with van der Waals surface area (Å²) < 4.78 is 0.906. The summed E-state index contributed by atoms with van der Waals surface area (Å²) in [7, 11) is 0. The number of hydrogen-bond donors (Lipinski definition) is 3. The van der Waals surface area contributed by atoms with E-state index in [1.54, 1.807) is 24.3 Å². The van der Waals surface area contributed by atoms with Gasteiger partial charge >= 0.3 is 11.7 Å². The minimum Gasteiger partial charge on any atom is -0.493 e. The molecular weight excluding hydrogens is 290 g/mol. The molecule has 2 aromatic rings. The molecule has 8 heteroatoms. The van der Waals surface area contributed by atoms with Gasteiger partial charge in [0.15, 0.2) is 0 Å². The largest absolute Gasteiger partial charge is 0.493 e. The Morgan fingerprint density at radius 2 is 1.95 bits per heavy atom. The second-order valence-electron chi connectivity index (χ2n) is 4.53. The predicted molar refractivity (Wildman–Crippen MR) is 79.2 cm³/mol. The summed E-state index contributed by atoms with van der Waals surface area (Å²) in [5, 5.41) is 18.7. The first-order valence-corrected chi connectivity index (χ1v) is 6.27. The lowest BCUT2D eigenvalue weighted by atomic mass is 10.2. The number of aromatic amines is 1. The SMILES string of the molecule is Cc1ccc(-n2c(O)c(C=NCC(=O)O)c(=O)[nH]c2=O)cc1. The highest BCUT2D eigenvalue weighted by molar-refractivity contribution is 5.84. The maximum absolute atomic E-state index is 11.9. The van der Waals surface area contributed by atoms with Gasteiger partial charge in [-0.1, -0.05) is 17.7 Å². The Labute approximate surface area is 124 Å². The molecule has 0 amide bonds. The van der Waals surface area contributed by atoms with Crippen LogP contribution in [-0.2, 0) is 4.79 Å². The zero-order valence-electron chi connectivity index (χ0n) is 11.6. The van der Waals surface area contributed by atoms with Gasteiger partial charge in [-0.15, -0.1) is 0 Å². The van der Waals surface area contributed by atoms with Gasteiger partial charge in [0.05, 0.1) is 5.69 Å². The second-order valence-corrected chi connectivity index (χ2v) is 4.53. The Morgan fingerprint density at radius 3 is 2.55 bits per heavy atom. The van der Waals surface area contributed by atoms with Crippen LogP contribution in [-0.4, -0.2) is 38.5 Å². The molecule has 0 aliphatic rings. The van der Waals surface area contributed by atoms with Crippen LogP contribution in [0.15, 0.2) is 38.8 Å². The number of nitrogens with zero attached hydrogens (tertiary/aromatic N) is 2. The van der Waals surface area contributed by atoms with Crippen molar-refractivity contribution in [2.45, 2.75) is 6.92 Å². The molecule has 114 valence electrons. The number of aromatic nitrogens is 2. The summed E-state index contributed by atoms with van der Waals surface area (Å²) in [6.07, 6.45) is 0.923.